The van der Waals surface area contributed by atoms with Crippen LogP contribution in [0.5, 0.6) is 0 Å². The van der Waals surface area contributed by atoms with Crippen molar-refractivity contribution in [2.24, 2.45) is 5.92 Å². The second-order valence-corrected chi connectivity index (χ2v) is 7.06. The zero-order valence-electron chi connectivity index (χ0n) is 13.3. The van der Waals surface area contributed by atoms with Crippen molar-refractivity contribution in [1.29, 1.82) is 0 Å². The third kappa shape index (κ3) is 4.42. The van der Waals surface area contributed by atoms with Gasteiger partial charge in [-0.1, -0.05) is 40.2 Å². The van der Waals surface area contributed by atoms with Crippen LogP contribution in [0.3, 0.4) is 0 Å². The molecule has 0 unspecified atom stereocenters. The topological polar surface area (TPSA) is 32.3 Å². The van der Waals surface area contributed by atoms with Gasteiger partial charge in [-0.15, -0.1) is 0 Å². The minimum absolute atomic E-state index is 0.0147. The number of carbonyl (C=O) groups is 1. The lowest BCUT2D eigenvalue weighted by molar-refractivity contribution is -0.121. The third-order valence-electron chi connectivity index (χ3n) is 4.40. The quantitative estimate of drug-likeness (QED) is 0.836. The summed E-state index contributed by atoms with van der Waals surface area (Å²) < 4.78 is 14.7. The second kappa shape index (κ2) is 7.90. The van der Waals surface area contributed by atoms with Crippen molar-refractivity contribution in [1.82, 2.24) is 4.90 Å². The Bertz CT molecular complexity index is 714. The van der Waals surface area contributed by atoms with Crippen LogP contribution in [0, 0.1) is 11.7 Å². The van der Waals surface area contributed by atoms with Gasteiger partial charge in [-0.05, 0) is 50.2 Å². The molecule has 0 saturated carbocycles. The highest BCUT2D eigenvalue weighted by Gasteiger charge is 2.25. The standard InChI is InChI=1S/C19H20BrFN2O/c20-16-5-3-6-17(12-16)22-19(24)14-8-10-23(11-9-14)13-15-4-1-2-7-18(15)21/h1-7,12,14H,8-11,13H2,(H,22,24). The predicted molar refractivity (Wildman–Crippen MR) is 97.2 cm³/mol. The predicted octanol–water partition coefficient (Wildman–Crippen LogP) is 4.44. The average molecular weight is 391 g/mol. The lowest BCUT2D eigenvalue weighted by Gasteiger charge is -2.31. The summed E-state index contributed by atoms with van der Waals surface area (Å²) in [5, 5.41) is 2.98. The zero-order chi connectivity index (χ0) is 16.9. The molecule has 1 fully saturated rings. The zero-order valence-corrected chi connectivity index (χ0v) is 14.9. The molecule has 0 bridgehead atoms. The molecule has 3 rings (SSSR count). The van der Waals surface area contributed by atoms with E-state index in [0.717, 1.165) is 41.7 Å². The van der Waals surface area contributed by atoms with Crippen LogP contribution < -0.4 is 5.32 Å². The molecular weight excluding hydrogens is 371 g/mol. The fourth-order valence-corrected chi connectivity index (χ4v) is 3.43. The Morgan fingerprint density at radius 3 is 2.62 bits per heavy atom. The molecule has 5 heteroatoms. The molecule has 2 aromatic rings. The van der Waals surface area contributed by atoms with Crippen molar-refractivity contribution in [3.8, 4) is 0 Å². The van der Waals surface area contributed by atoms with Crippen LogP contribution in [0.2, 0.25) is 0 Å². The van der Waals surface area contributed by atoms with E-state index in [2.05, 4.69) is 26.1 Å². The summed E-state index contributed by atoms with van der Waals surface area (Å²) >= 11 is 3.40. The highest BCUT2D eigenvalue weighted by Crippen LogP contribution is 2.22. The van der Waals surface area contributed by atoms with E-state index in [0.29, 0.717) is 6.54 Å². The van der Waals surface area contributed by atoms with Gasteiger partial charge in [0.15, 0.2) is 0 Å². The van der Waals surface area contributed by atoms with Crippen molar-refractivity contribution in [3.63, 3.8) is 0 Å². The van der Waals surface area contributed by atoms with Gasteiger partial charge in [0, 0.05) is 28.2 Å². The van der Waals surface area contributed by atoms with Crippen LogP contribution >= 0.6 is 15.9 Å². The molecule has 0 aliphatic carbocycles. The van der Waals surface area contributed by atoms with Gasteiger partial charge in [-0.2, -0.15) is 0 Å². The van der Waals surface area contributed by atoms with E-state index in [1.807, 2.05) is 36.4 Å². The molecule has 0 atom stereocenters. The van der Waals surface area contributed by atoms with Crippen LogP contribution in [-0.2, 0) is 11.3 Å². The number of carbonyl (C=O) groups excluding carboxylic acids is 1. The number of benzene rings is 2. The van der Waals surface area contributed by atoms with E-state index in [4.69, 9.17) is 0 Å². The van der Waals surface area contributed by atoms with E-state index in [9.17, 15) is 9.18 Å². The van der Waals surface area contributed by atoms with Crippen molar-refractivity contribution < 1.29 is 9.18 Å². The van der Waals surface area contributed by atoms with E-state index in [-0.39, 0.29) is 17.6 Å². The minimum atomic E-state index is -0.160. The lowest BCUT2D eigenvalue weighted by atomic mass is 9.95. The molecule has 1 aliphatic rings. The smallest absolute Gasteiger partial charge is 0.227 e. The van der Waals surface area contributed by atoms with E-state index >= 15 is 0 Å². The molecule has 0 spiro atoms. The molecule has 24 heavy (non-hydrogen) atoms. The van der Waals surface area contributed by atoms with Crippen LogP contribution in [0.15, 0.2) is 53.0 Å². The highest BCUT2D eigenvalue weighted by atomic mass is 79.9. The number of rotatable bonds is 4. The number of halogens is 2. The first-order valence-corrected chi connectivity index (χ1v) is 8.93. The summed E-state index contributed by atoms with van der Waals surface area (Å²) in [6.45, 7) is 2.22. The Morgan fingerprint density at radius 1 is 1.17 bits per heavy atom. The summed E-state index contributed by atoms with van der Waals surface area (Å²) in [6.07, 6.45) is 1.60. The summed E-state index contributed by atoms with van der Waals surface area (Å²) in [6, 6.07) is 14.5. The van der Waals surface area contributed by atoms with E-state index in [1.54, 1.807) is 6.07 Å². The van der Waals surface area contributed by atoms with Crippen LogP contribution in [0.1, 0.15) is 18.4 Å². The SMILES string of the molecule is O=C(Nc1cccc(Br)c1)C1CCN(Cc2ccccc2F)CC1. The van der Waals surface area contributed by atoms with Gasteiger partial charge in [0.05, 0.1) is 0 Å². The van der Waals surface area contributed by atoms with Crippen LogP contribution in [0.4, 0.5) is 10.1 Å². The summed E-state index contributed by atoms with van der Waals surface area (Å²) in [5.74, 6) is -0.0773. The molecule has 2 aromatic carbocycles. The molecule has 3 nitrogen and oxygen atoms in total. The normalized spacial score (nSPS) is 16.1. The first kappa shape index (κ1) is 17.1. The van der Waals surface area contributed by atoms with Gasteiger partial charge < -0.3 is 5.32 Å². The Kier molecular flexibility index (Phi) is 5.63. The van der Waals surface area contributed by atoms with Crippen molar-refractivity contribution >= 4 is 27.5 Å². The maximum Gasteiger partial charge on any atom is 0.227 e. The molecule has 1 amide bonds. The molecule has 1 aliphatic heterocycles. The Balaban J connectivity index is 1.51. The first-order valence-electron chi connectivity index (χ1n) is 8.14. The minimum Gasteiger partial charge on any atom is -0.326 e. The monoisotopic (exact) mass is 390 g/mol. The summed E-state index contributed by atoms with van der Waals surface area (Å²) in [4.78, 5) is 14.6. The number of likely N-dealkylation sites (tertiary alicyclic amines) is 1. The lowest BCUT2D eigenvalue weighted by Crippen LogP contribution is -2.37. The van der Waals surface area contributed by atoms with Crippen LogP contribution in [0.25, 0.3) is 0 Å². The Morgan fingerprint density at radius 2 is 1.92 bits per heavy atom. The van der Waals surface area contributed by atoms with Crippen molar-refractivity contribution in [3.05, 3.63) is 64.4 Å². The number of nitrogens with zero attached hydrogens (tertiary/aromatic N) is 1. The largest absolute Gasteiger partial charge is 0.326 e. The van der Waals surface area contributed by atoms with Gasteiger partial charge in [0.2, 0.25) is 5.91 Å². The molecule has 1 N–H and O–H groups in total. The Hall–Kier alpha value is -1.72. The molecular formula is C19H20BrFN2O. The van der Waals surface area contributed by atoms with E-state index in [1.165, 1.54) is 6.07 Å². The van der Waals surface area contributed by atoms with Gasteiger partial charge in [-0.25, -0.2) is 4.39 Å². The maximum atomic E-state index is 13.7. The number of anilines is 1. The second-order valence-electron chi connectivity index (χ2n) is 6.14. The molecule has 126 valence electrons. The van der Waals surface area contributed by atoms with Gasteiger partial charge in [0.25, 0.3) is 0 Å². The number of hydrogen-bond acceptors (Lipinski definition) is 2. The summed E-state index contributed by atoms with van der Waals surface area (Å²) in [5.41, 5.74) is 1.53. The fraction of sp³-hybridized carbons (Fsp3) is 0.316. The number of amides is 1. The van der Waals surface area contributed by atoms with Gasteiger partial charge in [0.1, 0.15) is 5.82 Å². The van der Waals surface area contributed by atoms with Crippen LogP contribution in [-0.4, -0.2) is 23.9 Å². The highest BCUT2D eigenvalue weighted by molar-refractivity contribution is 9.10. The first-order chi connectivity index (χ1) is 11.6. The molecule has 0 radical (unpaired) electrons. The van der Waals surface area contributed by atoms with Crippen molar-refractivity contribution in [2.75, 3.05) is 18.4 Å². The fourth-order valence-electron chi connectivity index (χ4n) is 3.03. The van der Waals surface area contributed by atoms with E-state index < -0.39 is 0 Å². The number of piperidine rings is 1. The molecule has 1 saturated heterocycles. The molecule has 0 aromatic heterocycles. The summed E-state index contributed by atoms with van der Waals surface area (Å²) in [7, 11) is 0. The van der Waals surface area contributed by atoms with Crippen molar-refractivity contribution in [2.45, 2.75) is 19.4 Å². The maximum absolute atomic E-state index is 13.7. The third-order valence-corrected chi connectivity index (χ3v) is 4.90. The van der Waals surface area contributed by atoms with Gasteiger partial charge >= 0.3 is 0 Å². The number of nitrogens with one attached hydrogen (secondary N) is 1. The van der Waals surface area contributed by atoms with Gasteiger partial charge in [-0.3, -0.25) is 9.69 Å². The average Bonchev–Trinajstić information content (AvgIpc) is 2.57. The number of hydrogen-bond donors (Lipinski definition) is 1. The molecule has 1 heterocycles. The Labute approximate surface area is 150 Å².